The number of pyridine rings is 1. The Balaban J connectivity index is 1.56. The van der Waals surface area contributed by atoms with Gasteiger partial charge in [-0.2, -0.15) is 0 Å². The SMILES string of the molecule is NC(=O)c1cccc2c1CCCN2C(=O)Cc1csc(-c2cccnc2)n1. The van der Waals surface area contributed by atoms with Gasteiger partial charge in [-0.3, -0.25) is 14.6 Å². The molecular formula is C20H18N4O2S. The first-order chi connectivity index (χ1) is 13.1. The summed E-state index contributed by atoms with van der Waals surface area (Å²) in [4.78, 5) is 35.0. The number of anilines is 1. The number of thiazole rings is 1. The molecule has 1 aliphatic rings. The highest BCUT2D eigenvalue weighted by atomic mass is 32.1. The summed E-state index contributed by atoms with van der Waals surface area (Å²) in [5.41, 5.74) is 9.30. The van der Waals surface area contributed by atoms with E-state index < -0.39 is 5.91 Å². The van der Waals surface area contributed by atoms with Gasteiger partial charge in [0, 0.05) is 41.1 Å². The van der Waals surface area contributed by atoms with Crippen LogP contribution in [0, 0.1) is 0 Å². The molecule has 6 nitrogen and oxygen atoms in total. The molecule has 0 radical (unpaired) electrons. The summed E-state index contributed by atoms with van der Waals surface area (Å²) in [7, 11) is 0. The number of nitrogens with zero attached hydrogens (tertiary/aromatic N) is 3. The molecule has 4 rings (SSSR count). The van der Waals surface area contributed by atoms with Gasteiger partial charge >= 0.3 is 0 Å². The first kappa shape index (κ1) is 17.4. The highest BCUT2D eigenvalue weighted by Crippen LogP contribution is 2.31. The molecule has 7 heteroatoms. The fourth-order valence-electron chi connectivity index (χ4n) is 3.37. The summed E-state index contributed by atoms with van der Waals surface area (Å²) >= 11 is 1.50. The lowest BCUT2D eigenvalue weighted by molar-refractivity contribution is -0.118. The second-order valence-electron chi connectivity index (χ2n) is 6.38. The lowest BCUT2D eigenvalue weighted by atomic mass is 9.95. The van der Waals surface area contributed by atoms with Gasteiger partial charge in [0.25, 0.3) is 0 Å². The second kappa shape index (κ2) is 7.28. The number of nitrogens with two attached hydrogens (primary N) is 1. The lowest BCUT2D eigenvalue weighted by Gasteiger charge is -2.30. The average molecular weight is 378 g/mol. The van der Waals surface area contributed by atoms with Gasteiger partial charge in [-0.05, 0) is 42.7 Å². The first-order valence-electron chi connectivity index (χ1n) is 8.70. The van der Waals surface area contributed by atoms with Crippen molar-refractivity contribution in [2.45, 2.75) is 19.3 Å². The van der Waals surface area contributed by atoms with Gasteiger partial charge in [0.05, 0.1) is 12.1 Å². The molecule has 0 aliphatic carbocycles. The van der Waals surface area contributed by atoms with Gasteiger partial charge in [-0.15, -0.1) is 11.3 Å². The van der Waals surface area contributed by atoms with Gasteiger partial charge in [-0.25, -0.2) is 4.98 Å². The molecule has 0 bridgehead atoms. The summed E-state index contributed by atoms with van der Waals surface area (Å²) < 4.78 is 0. The number of fused-ring (bicyclic) bond motifs is 1. The number of benzene rings is 1. The number of amides is 2. The van der Waals surface area contributed by atoms with Crippen molar-refractivity contribution < 1.29 is 9.59 Å². The Bertz CT molecular complexity index is 1000. The van der Waals surface area contributed by atoms with Crippen molar-refractivity contribution in [2.75, 3.05) is 11.4 Å². The van der Waals surface area contributed by atoms with Gasteiger partial charge in [-0.1, -0.05) is 6.07 Å². The molecule has 1 aliphatic heterocycles. The Labute approximate surface area is 160 Å². The molecule has 1 aromatic carbocycles. The molecule has 2 N–H and O–H groups in total. The maximum atomic E-state index is 12.9. The average Bonchev–Trinajstić information content (AvgIpc) is 3.16. The maximum Gasteiger partial charge on any atom is 0.249 e. The molecule has 2 amide bonds. The van der Waals surface area contributed by atoms with Crippen molar-refractivity contribution in [1.82, 2.24) is 9.97 Å². The molecule has 3 aromatic rings. The van der Waals surface area contributed by atoms with Crippen LogP contribution >= 0.6 is 11.3 Å². The van der Waals surface area contributed by atoms with Crippen LogP contribution in [0.1, 0.15) is 28.0 Å². The number of primary amides is 1. The van der Waals surface area contributed by atoms with E-state index >= 15 is 0 Å². The van der Waals surface area contributed by atoms with Crippen LogP contribution in [0.15, 0.2) is 48.1 Å². The molecule has 0 spiro atoms. The van der Waals surface area contributed by atoms with Gasteiger partial charge < -0.3 is 10.6 Å². The van der Waals surface area contributed by atoms with E-state index in [-0.39, 0.29) is 12.3 Å². The largest absolute Gasteiger partial charge is 0.366 e. The normalized spacial score (nSPS) is 13.3. The summed E-state index contributed by atoms with van der Waals surface area (Å²) in [5, 5.41) is 2.76. The smallest absolute Gasteiger partial charge is 0.249 e. The van der Waals surface area contributed by atoms with Crippen molar-refractivity contribution in [3.63, 3.8) is 0 Å². The van der Waals surface area contributed by atoms with Crippen molar-refractivity contribution in [3.05, 3.63) is 64.9 Å². The van der Waals surface area contributed by atoms with Crippen LogP contribution in [-0.2, 0) is 17.6 Å². The van der Waals surface area contributed by atoms with Crippen molar-refractivity contribution >= 4 is 28.8 Å². The fraction of sp³-hybridized carbons (Fsp3) is 0.200. The van der Waals surface area contributed by atoms with Crippen LogP contribution < -0.4 is 10.6 Å². The molecule has 0 fully saturated rings. The van der Waals surface area contributed by atoms with Gasteiger partial charge in [0.2, 0.25) is 11.8 Å². The summed E-state index contributed by atoms with van der Waals surface area (Å²) in [6.45, 7) is 0.633. The third-order valence-electron chi connectivity index (χ3n) is 4.61. The quantitative estimate of drug-likeness (QED) is 0.756. The third-order valence-corrected chi connectivity index (χ3v) is 5.55. The molecule has 3 heterocycles. The topological polar surface area (TPSA) is 89.2 Å². The Morgan fingerprint density at radius 2 is 2.11 bits per heavy atom. The molecule has 27 heavy (non-hydrogen) atoms. The Hall–Kier alpha value is -3.06. The predicted molar refractivity (Wildman–Crippen MR) is 105 cm³/mol. The maximum absolute atomic E-state index is 12.9. The second-order valence-corrected chi connectivity index (χ2v) is 7.24. The predicted octanol–water partition coefficient (Wildman–Crippen LogP) is 2.83. The number of carbonyl (C=O) groups is 2. The molecule has 2 aromatic heterocycles. The monoisotopic (exact) mass is 378 g/mol. The van der Waals surface area contributed by atoms with E-state index in [1.54, 1.807) is 29.4 Å². The molecule has 0 unspecified atom stereocenters. The molecule has 0 saturated carbocycles. The van der Waals surface area contributed by atoms with Crippen LogP contribution in [0.4, 0.5) is 5.69 Å². The van der Waals surface area contributed by atoms with E-state index in [1.807, 2.05) is 23.6 Å². The minimum atomic E-state index is -0.457. The lowest BCUT2D eigenvalue weighted by Crippen LogP contribution is -2.37. The Morgan fingerprint density at radius 1 is 1.22 bits per heavy atom. The summed E-state index contributed by atoms with van der Waals surface area (Å²) in [6.07, 6.45) is 5.25. The number of hydrogen-bond donors (Lipinski definition) is 1. The minimum absolute atomic E-state index is 0.0272. The minimum Gasteiger partial charge on any atom is -0.366 e. The van der Waals surface area contributed by atoms with E-state index in [2.05, 4.69) is 9.97 Å². The number of rotatable bonds is 4. The van der Waals surface area contributed by atoms with Crippen LogP contribution in [0.25, 0.3) is 10.6 Å². The molecule has 0 atom stereocenters. The van der Waals surface area contributed by atoms with Gasteiger partial charge in [0.1, 0.15) is 5.01 Å². The van der Waals surface area contributed by atoms with E-state index in [0.29, 0.717) is 12.1 Å². The molecule has 136 valence electrons. The van der Waals surface area contributed by atoms with Crippen LogP contribution in [0.3, 0.4) is 0 Å². The van der Waals surface area contributed by atoms with E-state index in [0.717, 1.165) is 40.4 Å². The molecular weight excluding hydrogens is 360 g/mol. The Kier molecular flexibility index (Phi) is 4.68. The van der Waals surface area contributed by atoms with Gasteiger partial charge in [0.15, 0.2) is 0 Å². The Morgan fingerprint density at radius 3 is 2.89 bits per heavy atom. The highest BCUT2D eigenvalue weighted by Gasteiger charge is 2.26. The number of hydrogen-bond acceptors (Lipinski definition) is 5. The highest BCUT2D eigenvalue weighted by molar-refractivity contribution is 7.13. The third kappa shape index (κ3) is 3.46. The van der Waals surface area contributed by atoms with Crippen molar-refractivity contribution in [1.29, 1.82) is 0 Å². The van der Waals surface area contributed by atoms with E-state index in [9.17, 15) is 9.59 Å². The molecule has 0 saturated heterocycles. The fourth-order valence-corrected chi connectivity index (χ4v) is 4.19. The van der Waals surface area contributed by atoms with Crippen molar-refractivity contribution in [3.8, 4) is 10.6 Å². The number of carbonyl (C=O) groups excluding carboxylic acids is 2. The van der Waals surface area contributed by atoms with Crippen LogP contribution in [-0.4, -0.2) is 28.3 Å². The first-order valence-corrected chi connectivity index (χ1v) is 9.58. The van der Waals surface area contributed by atoms with Crippen molar-refractivity contribution in [2.24, 2.45) is 5.73 Å². The van der Waals surface area contributed by atoms with Crippen LogP contribution in [0.2, 0.25) is 0 Å². The number of aromatic nitrogens is 2. The van der Waals surface area contributed by atoms with Crippen LogP contribution in [0.5, 0.6) is 0 Å². The zero-order valence-corrected chi connectivity index (χ0v) is 15.4. The van der Waals surface area contributed by atoms with E-state index in [1.165, 1.54) is 11.3 Å². The van der Waals surface area contributed by atoms with E-state index in [4.69, 9.17) is 5.73 Å². The summed E-state index contributed by atoms with van der Waals surface area (Å²) in [6, 6.07) is 9.18. The standard InChI is InChI=1S/C20H18N4O2S/c21-19(26)16-5-1-7-17-15(16)6-3-9-24(17)18(25)10-14-12-27-20(23-14)13-4-2-8-22-11-13/h1-2,4-5,7-8,11-12H,3,6,9-10H2,(H2,21,26). The zero-order valence-electron chi connectivity index (χ0n) is 14.6. The summed E-state index contributed by atoms with van der Waals surface area (Å²) in [5.74, 6) is -0.484. The zero-order chi connectivity index (χ0) is 18.8.